The molecule has 14 heteroatoms. The largest absolute Gasteiger partial charge is 0.425 e. The van der Waals surface area contributed by atoms with E-state index in [4.69, 9.17) is 12.6 Å². The molecule has 40 heavy (non-hydrogen) atoms. The SMILES string of the molecule is O=S(=O)=O.O=c1ccc(=NNc2cccc3ccccc23)c(=O)c1=NNc1ccc(S(=O)(=O)O)c2ccccc12. The Morgan fingerprint density at radius 1 is 0.650 bits per heavy atom. The second-order valence-electron chi connectivity index (χ2n) is 8.07. The zero-order chi connectivity index (χ0) is 28.9. The van der Waals surface area contributed by atoms with Crippen molar-refractivity contribution in [2.24, 2.45) is 10.2 Å². The van der Waals surface area contributed by atoms with E-state index in [0.717, 1.165) is 10.8 Å². The van der Waals surface area contributed by atoms with Crippen molar-refractivity contribution in [1.29, 1.82) is 0 Å². The van der Waals surface area contributed by atoms with Crippen molar-refractivity contribution in [3.8, 4) is 0 Å². The van der Waals surface area contributed by atoms with Crippen LogP contribution in [0.3, 0.4) is 0 Å². The molecule has 5 aromatic rings. The second kappa shape index (κ2) is 11.8. The number of anilines is 2. The molecule has 0 amide bonds. The van der Waals surface area contributed by atoms with Crippen LogP contribution in [0.4, 0.5) is 11.4 Å². The minimum Gasteiger partial charge on any atom is -0.287 e. The normalized spacial score (nSPS) is 12.1. The van der Waals surface area contributed by atoms with Crippen LogP contribution in [-0.4, -0.2) is 25.6 Å². The van der Waals surface area contributed by atoms with Gasteiger partial charge in [0, 0.05) is 16.2 Å². The first-order valence-corrected chi connectivity index (χ1v) is 13.7. The Morgan fingerprint density at radius 3 is 1.93 bits per heavy atom. The second-order valence-corrected chi connectivity index (χ2v) is 9.87. The Hall–Kier alpha value is -5.05. The van der Waals surface area contributed by atoms with Crippen LogP contribution in [0.15, 0.2) is 116 Å². The van der Waals surface area contributed by atoms with E-state index >= 15 is 0 Å². The first-order chi connectivity index (χ1) is 19.1. The van der Waals surface area contributed by atoms with E-state index in [1.807, 2.05) is 42.5 Å². The van der Waals surface area contributed by atoms with E-state index in [1.165, 1.54) is 30.3 Å². The van der Waals surface area contributed by atoms with Crippen LogP contribution in [0.2, 0.25) is 0 Å². The zero-order valence-corrected chi connectivity index (χ0v) is 21.8. The highest BCUT2D eigenvalue weighted by molar-refractivity contribution is 7.86. The molecule has 5 rings (SSSR count). The summed E-state index contributed by atoms with van der Waals surface area (Å²) in [6.07, 6.45) is 0. The van der Waals surface area contributed by atoms with Gasteiger partial charge in [-0.2, -0.15) is 18.6 Å². The first kappa shape index (κ1) is 28.0. The molecule has 0 aliphatic heterocycles. The highest BCUT2D eigenvalue weighted by Crippen LogP contribution is 2.29. The molecule has 0 aliphatic rings. The highest BCUT2D eigenvalue weighted by atomic mass is 32.2. The first-order valence-electron chi connectivity index (χ1n) is 11.2. The third kappa shape index (κ3) is 6.32. The lowest BCUT2D eigenvalue weighted by atomic mass is 10.1. The van der Waals surface area contributed by atoms with Gasteiger partial charge in [0.15, 0.2) is 5.36 Å². The molecule has 0 bridgehead atoms. The summed E-state index contributed by atoms with van der Waals surface area (Å²) in [6.45, 7) is 0. The molecular formula is C26H18N4O8S2. The number of hydrogen-bond donors (Lipinski definition) is 3. The van der Waals surface area contributed by atoms with Crippen LogP contribution < -0.4 is 32.4 Å². The molecule has 0 aromatic heterocycles. The fourth-order valence-electron chi connectivity index (χ4n) is 3.89. The van der Waals surface area contributed by atoms with E-state index in [0.29, 0.717) is 16.8 Å². The Balaban J connectivity index is 0.000000867. The predicted molar refractivity (Wildman–Crippen MR) is 147 cm³/mol. The Labute approximate surface area is 227 Å². The van der Waals surface area contributed by atoms with Crippen molar-refractivity contribution in [2.75, 3.05) is 10.9 Å². The number of nitrogens with one attached hydrogen (secondary N) is 2. The van der Waals surface area contributed by atoms with Gasteiger partial charge in [-0.05, 0) is 35.7 Å². The summed E-state index contributed by atoms with van der Waals surface area (Å²) in [7, 11) is -7.56. The molecule has 202 valence electrons. The topological polar surface area (TPSA) is 188 Å². The van der Waals surface area contributed by atoms with E-state index < -0.39 is 31.6 Å². The van der Waals surface area contributed by atoms with Crippen LogP contribution in [0.5, 0.6) is 0 Å². The molecule has 0 saturated heterocycles. The van der Waals surface area contributed by atoms with Crippen molar-refractivity contribution >= 4 is 53.6 Å². The lowest BCUT2D eigenvalue weighted by Crippen LogP contribution is -2.47. The molecule has 0 spiro atoms. The Bertz CT molecular complexity index is 2200. The summed E-state index contributed by atoms with van der Waals surface area (Å²) in [5, 5.41) is 10.4. The summed E-state index contributed by atoms with van der Waals surface area (Å²) in [4.78, 5) is 25.1. The zero-order valence-electron chi connectivity index (χ0n) is 20.2. The van der Waals surface area contributed by atoms with Gasteiger partial charge in [-0.15, -0.1) is 12.6 Å². The number of benzene rings is 5. The minimum absolute atomic E-state index is 0.00494. The summed E-state index contributed by atoms with van der Waals surface area (Å²) in [5.74, 6) is 0. The quantitative estimate of drug-likeness (QED) is 0.204. The highest BCUT2D eigenvalue weighted by Gasteiger charge is 2.15. The third-order valence-corrected chi connectivity index (χ3v) is 6.52. The van der Waals surface area contributed by atoms with Crippen LogP contribution in [0.1, 0.15) is 0 Å². The summed E-state index contributed by atoms with van der Waals surface area (Å²) < 4.78 is 58.3. The Kier molecular flexibility index (Phi) is 8.23. The molecule has 0 heterocycles. The van der Waals surface area contributed by atoms with Gasteiger partial charge in [-0.25, -0.2) is 0 Å². The summed E-state index contributed by atoms with van der Waals surface area (Å²) in [6, 6.07) is 24.9. The molecule has 0 aliphatic carbocycles. The minimum atomic E-state index is -4.45. The van der Waals surface area contributed by atoms with Gasteiger partial charge in [0.25, 0.3) is 10.1 Å². The van der Waals surface area contributed by atoms with Crippen molar-refractivity contribution in [2.45, 2.75) is 4.90 Å². The molecule has 5 aromatic carbocycles. The van der Waals surface area contributed by atoms with Gasteiger partial charge < -0.3 is 0 Å². The maximum absolute atomic E-state index is 13.0. The fourth-order valence-corrected chi connectivity index (χ4v) is 4.59. The van der Waals surface area contributed by atoms with Crippen LogP contribution in [0, 0.1) is 0 Å². The maximum Gasteiger partial charge on any atom is 0.425 e. The van der Waals surface area contributed by atoms with E-state index in [-0.39, 0.29) is 21.0 Å². The van der Waals surface area contributed by atoms with Crippen molar-refractivity contribution < 1.29 is 25.6 Å². The molecule has 0 atom stereocenters. The van der Waals surface area contributed by atoms with E-state index in [1.54, 1.807) is 18.2 Å². The predicted octanol–water partition coefficient (Wildman–Crippen LogP) is 1.69. The molecule has 0 saturated carbocycles. The van der Waals surface area contributed by atoms with Crippen LogP contribution >= 0.6 is 0 Å². The van der Waals surface area contributed by atoms with Crippen LogP contribution in [-0.2, 0) is 20.7 Å². The molecule has 3 N–H and O–H groups in total. The van der Waals surface area contributed by atoms with E-state index in [2.05, 4.69) is 21.1 Å². The Morgan fingerprint density at radius 2 is 1.23 bits per heavy atom. The number of hydrogen-bond acceptors (Lipinski definition) is 11. The average molecular weight is 579 g/mol. The number of nitrogens with zero attached hydrogens (tertiary/aromatic N) is 2. The van der Waals surface area contributed by atoms with Crippen molar-refractivity contribution in [3.05, 3.63) is 122 Å². The lowest BCUT2D eigenvalue weighted by molar-refractivity contribution is 0.484. The van der Waals surface area contributed by atoms with Gasteiger partial charge in [-0.1, -0.05) is 60.7 Å². The van der Waals surface area contributed by atoms with Gasteiger partial charge in [0.05, 0.1) is 11.4 Å². The number of rotatable bonds is 5. The lowest BCUT2D eigenvalue weighted by Gasteiger charge is -2.08. The third-order valence-electron chi connectivity index (χ3n) is 5.61. The van der Waals surface area contributed by atoms with Gasteiger partial charge in [0.2, 0.25) is 10.9 Å². The maximum atomic E-state index is 13.0. The van der Waals surface area contributed by atoms with Gasteiger partial charge in [-0.3, -0.25) is 25.0 Å². The molecule has 0 fully saturated rings. The molecular weight excluding hydrogens is 560 g/mol. The van der Waals surface area contributed by atoms with Crippen LogP contribution in [0.25, 0.3) is 21.5 Å². The fraction of sp³-hybridized carbons (Fsp3) is 0. The molecule has 0 radical (unpaired) electrons. The summed E-state index contributed by atoms with van der Waals surface area (Å²) >= 11 is 0. The smallest absolute Gasteiger partial charge is 0.287 e. The molecule has 0 unspecified atom stereocenters. The van der Waals surface area contributed by atoms with Crippen molar-refractivity contribution in [1.82, 2.24) is 0 Å². The summed E-state index contributed by atoms with van der Waals surface area (Å²) in [5.41, 5.74) is 5.32. The standard InChI is InChI=1S/C26H18N4O5S.O3S/c31-23-14-12-22(29-27-20-11-5-7-16-6-1-2-8-17(16)20)26(32)25(23)30-28-21-13-15-24(36(33,34)35)19-10-4-3-9-18(19)21;1-4(2)3/h1-15,27-28H,(H,33,34,35);. The number of fused-ring (bicyclic) bond motifs is 2. The molecule has 12 nitrogen and oxygen atoms in total. The van der Waals surface area contributed by atoms with E-state index in [9.17, 15) is 22.6 Å². The van der Waals surface area contributed by atoms with Crippen molar-refractivity contribution in [3.63, 3.8) is 0 Å². The van der Waals surface area contributed by atoms with Gasteiger partial charge in [0.1, 0.15) is 10.3 Å². The average Bonchev–Trinajstić information content (AvgIpc) is 2.91. The monoisotopic (exact) mass is 578 g/mol. The van der Waals surface area contributed by atoms with Gasteiger partial charge >= 0.3 is 10.6 Å².